The van der Waals surface area contributed by atoms with E-state index in [-0.39, 0.29) is 30.7 Å². The number of halogens is 2. The molecule has 5 N–H and O–H groups in total. The fourth-order valence-electron chi connectivity index (χ4n) is 9.33. The van der Waals surface area contributed by atoms with E-state index in [1.807, 2.05) is 0 Å². The molecule has 4 aliphatic carbocycles. The molecule has 3 saturated carbocycles. The molecule has 5 aliphatic rings. The molecule has 7 rings (SSSR count). The Kier molecular flexibility index (Phi) is 6.95. The van der Waals surface area contributed by atoms with Gasteiger partial charge in [-0.3, -0.25) is 14.4 Å². The molecule has 2 aromatic carbocycles. The molecule has 0 unspecified atom stereocenters. The minimum atomic E-state index is -2.33. The van der Waals surface area contributed by atoms with E-state index in [4.69, 9.17) is 15.2 Å². The summed E-state index contributed by atoms with van der Waals surface area (Å²) in [6.45, 7) is 2.37. The number of nitrogens with two attached hydrogens (primary N) is 1. The van der Waals surface area contributed by atoms with Crippen LogP contribution in [0.4, 0.5) is 20.2 Å². The molecule has 1 amide bonds. The highest BCUT2D eigenvalue weighted by Gasteiger charge is 2.80. The minimum absolute atomic E-state index is 0.0123. The number of nitrogens with one attached hydrogen (secondary N) is 1. The van der Waals surface area contributed by atoms with E-state index in [9.17, 15) is 24.6 Å². The number of anilines is 2. The van der Waals surface area contributed by atoms with Crippen LogP contribution in [0.3, 0.4) is 0 Å². The van der Waals surface area contributed by atoms with E-state index >= 15 is 8.78 Å². The van der Waals surface area contributed by atoms with Crippen molar-refractivity contribution < 1.29 is 42.9 Å². The van der Waals surface area contributed by atoms with Crippen LogP contribution in [0.25, 0.3) is 0 Å². The number of rotatable bonds is 5. The summed E-state index contributed by atoms with van der Waals surface area (Å²) in [4.78, 5) is 38.7. The molecule has 0 radical (unpaired) electrons. The molecule has 9 nitrogen and oxygen atoms in total. The Labute approximate surface area is 264 Å². The number of amides is 1. The zero-order valence-corrected chi connectivity index (χ0v) is 25.4. The quantitative estimate of drug-likeness (QED) is 0.359. The van der Waals surface area contributed by atoms with Gasteiger partial charge in [0, 0.05) is 39.2 Å². The number of aliphatic hydroxyl groups is 2. The number of ketones is 2. The molecule has 4 fully saturated rings. The van der Waals surface area contributed by atoms with Gasteiger partial charge in [-0.2, -0.15) is 0 Å². The van der Waals surface area contributed by atoms with Gasteiger partial charge in [0.1, 0.15) is 12.8 Å². The second-order valence-corrected chi connectivity index (χ2v) is 13.7. The third-order valence-corrected chi connectivity index (χ3v) is 11.5. The molecule has 242 valence electrons. The third kappa shape index (κ3) is 4.01. The molecule has 0 bridgehead atoms. The molecule has 2 aromatic rings. The summed E-state index contributed by atoms with van der Waals surface area (Å²) >= 11 is 0. The van der Waals surface area contributed by atoms with Crippen LogP contribution in [0.2, 0.25) is 0 Å². The third-order valence-electron chi connectivity index (χ3n) is 11.5. The van der Waals surface area contributed by atoms with Crippen molar-refractivity contribution in [3.05, 3.63) is 83.5 Å². The molecule has 46 heavy (non-hydrogen) atoms. The minimum Gasteiger partial charge on any atom is -0.399 e. The van der Waals surface area contributed by atoms with Crippen molar-refractivity contribution >= 4 is 28.8 Å². The predicted octanol–water partition coefficient (Wildman–Crippen LogP) is 4.16. The molecule has 10 atom stereocenters. The van der Waals surface area contributed by atoms with Crippen LogP contribution in [0.1, 0.15) is 55.3 Å². The van der Waals surface area contributed by atoms with Gasteiger partial charge in [0.25, 0.3) is 5.91 Å². The molecule has 0 aromatic heterocycles. The Morgan fingerprint density at radius 3 is 2.54 bits per heavy atom. The van der Waals surface area contributed by atoms with Crippen molar-refractivity contribution in [2.24, 2.45) is 22.7 Å². The van der Waals surface area contributed by atoms with Gasteiger partial charge in [0.05, 0.1) is 12.2 Å². The van der Waals surface area contributed by atoms with Crippen molar-refractivity contribution in [3.63, 3.8) is 0 Å². The van der Waals surface area contributed by atoms with Crippen LogP contribution >= 0.6 is 0 Å². The van der Waals surface area contributed by atoms with Crippen LogP contribution in [0, 0.1) is 22.7 Å². The second-order valence-electron chi connectivity index (χ2n) is 13.7. The van der Waals surface area contributed by atoms with Crippen molar-refractivity contribution in [3.8, 4) is 0 Å². The lowest BCUT2D eigenvalue weighted by molar-refractivity contribution is -0.235. The maximum absolute atomic E-state index is 17.6. The van der Waals surface area contributed by atoms with Crippen molar-refractivity contribution in [1.82, 2.24) is 0 Å². The number of alkyl halides is 2. The Morgan fingerprint density at radius 2 is 1.85 bits per heavy atom. The smallest absolute Gasteiger partial charge is 0.255 e. The SMILES string of the molecule is C[C@]12C=CC(=O)C=C1[C@@H](F)C[C@H]1[C@@H]3C[C@H]4O[C@H](c5ccc(C(=O)Nc6cccc(N)c6)cc5)O[C@@]4(C(=O)CO)[C@@]3(C)C[C@H](O)[C@@]12F. The van der Waals surface area contributed by atoms with Crippen molar-refractivity contribution in [2.45, 2.75) is 69.0 Å². The summed E-state index contributed by atoms with van der Waals surface area (Å²) in [5.41, 5.74) is 0.847. The number of fused-ring (bicyclic) bond motifs is 7. The van der Waals surface area contributed by atoms with Gasteiger partial charge in [-0.05, 0) is 80.2 Å². The number of allylic oxidation sites excluding steroid dienone is 4. The number of aliphatic hydroxyl groups excluding tert-OH is 2. The molecule has 11 heteroatoms. The van der Waals surface area contributed by atoms with Gasteiger partial charge in [0.2, 0.25) is 0 Å². The van der Waals surface area contributed by atoms with Crippen LogP contribution < -0.4 is 11.1 Å². The number of Topliss-reactive ketones (excluding diaryl/α,β-unsaturated/α-hetero) is 1. The maximum Gasteiger partial charge on any atom is 0.255 e. The van der Waals surface area contributed by atoms with Gasteiger partial charge in [0.15, 0.2) is 29.1 Å². The summed E-state index contributed by atoms with van der Waals surface area (Å²) in [6.07, 6.45) is -1.90. The first-order valence-electron chi connectivity index (χ1n) is 15.5. The highest BCUT2D eigenvalue weighted by atomic mass is 19.1. The van der Waals surface area contributed by atoms with E-state index in [1.54, 1.807) is 55.5 Å². The molecule has 0 spiro atoms. The van der Waals surface area contributed by atoms with E-state index in [1.165, 1.54) is 19.1 Å². The zero-order valence-electron chi connectivity index (χ0n) is 25.4. The molecule has 1 aliphatic heterocycles. The first kappa shape index (κ1) is 30.9. The van der Waals surface area contributed by atoms with Gasteiger partial charge in [-0.15, -0.1) is 0 Å². The summed E-state index contributed by atoms with van der Waals surface area (Å²) in [6, 6.07) is 13.2. The molecular weight excluding hydrogens is 598 g/mol. The first-order chi connectivity index (χ1) is 21.8. The number of carbonyl (C=O) groups is 3. The lowest BCUT2D eigenvalue weighted by atomic mass is 9.44. The normalized spacial score (nSPS) is 40.7. The topological polar surface area (TPSA) is 148 Å². The number of hydrogen-bond donors (Lipinski definition) is 4. The van der Waals surface area contributed by atoms with Crippen LogP contribution in [0.5, 0.6) is 0 Å². The van der Waals surface area contributed by atoms with Crippen LogP contribution in [-0.2, 0) is 19.1 Å². The van der Waals surface area contributed by atoms with Gasteiger partial charge in [-0.1, -0.05) is 31.2 Å². The Hall–Kier alpha value is -3.77. The maximum atomic E-state index is 17.6. The van der Waals surface area contributed by atoms with Crippen LogP contribution in [0.15, 0.2) is 72.3 Å². The molecule has 1 saturated heterocycles. The largest absolute Gasteiger partial charge is 0.399 e. The summed E-state index contributed by atoms with van der Waals surface area (Å²) in [7, 11) is 0. The van der Waals surface area contributed by atoms with Crippen LogP contribution in [-0.4, -0.2) is 63.9 Å². The number of ether oxygens (including phenoxy) is 2. The Bertz CT molecular complexity index is 1700. The monoisotopic (exact) mass is 634 g/mol. The summed E-state index contributed by atoms with van der Waals surface area (Å²) < 4.78 is 46.2. The van der Waals surface area contributed by atoms with Crippen molar-refractivity contribution in [1.29, 1.82) is 0 Å². The molecule has 1 heterocycles. The number of benzene rings is 2. The van der Waals surface area contributed by atoms with E-state index in [0.717, 1.165) is 6.08 Å². The standard InChI is InChI=1S/C35H36F2N2O7/c1-32-11-10-22(41)13-25(32)26(36)14-24-23-15-29-35(28(43)17-40,33(23,2)16-27(42)34(24,32)37)46-31(45-29)19-8-6-18(7-9-19)30(44)39-21-5-3-4-20(38)12-21/h3-13,23-24,26-27,29,31,40,42H,14-17,38H2,1-2H3,(H,39,44)/t23-,24-,26-,27-,29+,31-,32-,33-,34-,35+/m0/s1. The highest BCUT2D eigenvalue weighted by molar-refractivity contribution is 6.04. The average molecular weight is 635 g/mol. The second kappa shape index (κ2) is 10.4. The number of nitrogen functional groups attached to an aromatic ring is 1. The Balaban J connectivity index is 1.19. The summed E-state index contributed by atoms with van der Waals surface area (Å²) in [5.74, 6) is -3.14. The van der Waals surface area contributed by atoms with E-state index in [0.29, 0.717) is 22.5 Å². The van der Waals surface area contributed by atoms with Gasteiger partial charge < -0.3 is 30.7 Å². The van der Waals surface area contributed by atoms with Gasteiger partial charge in [-0.25, -0.2) is 8.78 Å². The first-order valence-corrected chi connectivity index (χ1v) is 15.5. The Morgan fingerprint density at radius 1 is 1.11 bits per heavy atom. The number of hydrogen-bond acceptors (Lipinski definition) is 8. The van der Waals surface area contributed by atoms with Crippen molar-refractivity contribution in [2.75, 3.05) is 17.7 Å². The number of carbonyl (C=O) groups excluding carboxylic acids is 3. The summed E-state index contributed by atoms with van der Waals surface area (Å²) in [5, 5.41) is 24.6. The lowest BCUT2D eigenvalue weighted by Crippen LogP contribution is -2.70. The average Bonchev–Trinajstić information content (AvgIpc) is 3.52. The predicted molar refractivity (Wildman–Crippen MR) is 163 cm³/mol. The lowest BCUT2D eigenvalue weighted by Gasteiger charge is -2.63. The fraction of sp³-hybridized carbons (Fsp3) is 0.457. The van der Waals surface area contributed by atoms with Gasteiger partial charge >= 0.3 is 0 Å². The highest BCUT2D eigenvalue weighted by Crippen LogP contribution is 2.72. The van der Waals surface area contributed by atoms with E-state index < -0.39 is 76.8 Å². The fourth-order valence-corrected chi connectivity index (χ4v) is 9.33. The zero-order chi connectivity index (χ0) is 32.8. The van der Waals surface area contributed by atoms with E-state index in [2.05, 4.69) is 5.32 Å². The molecular formula is C35H36F2N2O7.